The summed E-state index contributed by atoms with van der Waals surface area (Å²) in [6, 6.07) is 3.88. The molecule has 0 bridgehead atoms. The number of nitrogen functional groups attached to an aromatic ring is 2. The van der Waals surface area contributed by atoms with Crippen molar-refractivity contribution in [3.63, 3.8) is 0 Å². The maximum absolute atomic E-state index is 5.74. The van der Waals surface area contributed by atoms with Gasteiger partial charge in [-0.1, -0.05) is 6.08 Å². The fourth-order valence-corrected chi connectivity index (χ4v) is 1.11. The molecule has 0 saturated heterocycles. The summed E-state index contributed by atoms with van der Waals surface area (Å²) >= 11 is 0. The second-order valence-corrected chi connectivity index (χ2v) is 2.89. The van der Waals surface area contributed by atoms with Crippen LogP contribution in [0.25, 0.3) is 0 Å². The lowest BCUT2D eigenvalue weighted by Crippen LogP contribution is -1.97. The predicted molar refractivity (Wildman–Crippen MR) is 53.9 cm³/mol. The van der Waals surface area contributed by atoms with Gasteiger partial charge in [0.15, 0.2) is 0 Å². The molecular formula is C10H14N2. The average Bonchev–Trinajstić information content (AvgIpc) is 2.01. The molecule has 0 fully saturated rings. The topological polar surface area (TPSA) is 52.0 Å². The van der Waals surface area contributed by atoms with Crippen molar-refractivity contribution in [1.29, 1.82) is 0 Å². The summed E-state index contributed by atoms with van der Waals surface area (Å²) in [5, 5.41) is 0. The summed E-state index contributed by atoms with van der Waals surface area (Å²) in [6.07, 6.45) is 2.65. The maximum Gasteiger partial charge on any atom is 0.0367 e. The minimum absolute atomic E-state index is 0.756. The van der Waals surface area contributed by atoms with E-state index in [0.717, 1.165) is 28.9 Å². The Kier molecular flexibility index (Phi) is 2.38. The first kappa shape index (κ1) is 8.65. The Labute approximate surface area is 72.9 Å². The molecule has 0 amide bonds. The van der Waals surface area contributed by atoms with Crippen LogP contribution in [0.2, 0.25) is 0 Å². The van der Waals surface area contributed by atoms with Gasteiger partial charge in [-0.25, -0.2) is 0 Å². The van der Waals surface area contributed by atoms with E-state index < -0.39 is 0 Å². The van der Waals surface area contributed by atoms with Crippen LogP contribution in [0.1, 0.15) is 11.1 Å². The van der Waals surface area contributed by atoms with E-state index in [2.05, 4.69) is 6.58 Å². The van der Waals surface area contributed by atoms with Crippen molar-refractivity contribution in [2.24, 2.45) is 0 Å². The highest BCUT2D eigenvalue weighted by Gasteiger charge is 2.00. The minimum atomic E-state index is 0.756. The third-order valence-electron chi connectivity index (χ3n) is 1.93. The van der Waals surface area contributed by atoms with Crippen LogP contribution in [0.4, 0.5) is 11.4 Å². The molecule has 0 aliphatic heterocycles. The van der Waals surface area contributed by atoms with Crippen molar-refractivity contribution in [2.75, 3.05) is 11.5 Å². The zero-order chi connectivity index (χ0) is 9.14. The first-order valence-electron chi connectivity index (χ1n) is 3.90. The lowest BCUT2D eigenvalue weighted by molar-refractivity contribution is 1.27. The molecule has 1 rings (SSSR count). The normalized spacial score (nSPS) is 9.75. The van der Waals surface area contributed by atoms with Crippen molar-refractivity contribution in [3.05, 3.63) is 35.9 Å². The van der Waals surface area contributed by atoms with Gasteiger partial charge in [0, 0.05) is 11.4 Å². The number of hydrogen-bond donors (Lipinski definition) is 2. The second kappa shape index (κ2) is 3.30. The van der Waals surface area contributed by atoms with Crippen LogP contribution in [0.3, 0.4) is 0 Å². The standard InChI is InChI=1S/C10H14N2/c1-3-4-8-5-9(11)7(2)10(12)6-8/h3,5-6H,1,4,11-12H2,2H3. The van der Waals surface area contributed by atoms with Gasteiger partial charge in [0.05, 0.1) is 0 Å². The molecule has 0 unspecified atom stereocenters. The molecule has 0 heterocycles. The van der Waals surface area contributed by atoms with Gasteiger partial charge in [0.2, 0.25) is 0 Å². The number of rotatable bonds is 2. The van der Waals surface area contributed by atoms with E-state index in [1.807, 2.05) is 25.1 Å². The van der Waals surface area contributed by atoms with Crippen LogP contribution in [0.5, 0.6) is 0 Å². The van der Waals surface area contributed by atoms with E-state index in [4.69, 9.17) is 11.5 Å². The Morgan fingerprint density at radius 3 is 2.25 bits per heavy atom. The molecule has 12 heavy (non-hydrogen) atoms. The Hall–Kier alpha value is -1.44. The van der Waals surface area contributed by atoms with Crippen molar-refractivity contribution in [1.82, 2.24) is 0 Å². The Bertz CT molecular complexity index is 280. The van der Waals surface area contributed by atoms with Gasteiger partial charge in [-0.05, 0) is 36.6 Å². The molecule has 4 N–H and O–H groups in total. The van der Waals surface area contributed by atoms with E-state index in [1.54, 1.807) is 0 Å². The fourth-order valence-electron chi connectivity index (χ4n) is 1.11. The zero-order valence-corrected chi connectivity index (χ0v) is 7.30. The summed E-state index contributed by atoms with van der Waals surface area (Å²) in [7, 11) is 0. The summed E-state index contributed by atoms with van der Waals surface area (Å²) in [5.41, 5.74) is 15.1. The molecule has 0 radical (unpaired) electrons. The number of nitrogens with two attached hydrogens (primary N) is 2. The van der Waals surface area contributed by atoms with Crippen LogP contribution in [0.15, 0.2) is 24.8 Å². The third-order valence-corrected chi connectivity index (χ3v) is 1.93. The second-order valence-electron chi connectivity index (χ2n) is 2.89. The van der Waals surface area contributed by atoms with Crippen molar-refractivity contribution in [3.8, 4) is 0 Å². The van der Waals surface area contributed by atoms with Gasteiger partial charge in [-0.2, -0.15) is 0 Å². The van der Waals surface area contributed by atoms with Gasteiger partial charge in [-0.3, -0.25) is 0 Å². The molecule has 2 nitrogen and oxygen atoms in total. The summed E-state index contributed by atoms with van der Waals surface area (Å²) in [5.74, 6) is 0. The lowest BCUT2D eigenvalue weighted by Gasteiger charge is -2.06. The molecule has 2 heteroatoms. The molecule has 0 spiro atoms. The average molecular weight is 162 g/mol. The van der Waals surface area contributed by atoms with Crippen molar-refractivity contribution < 1.29 is 0 Å². The Morgan fingerprint density at radius 2 is 1.83 bits per heavy atom. The first-order valence-corrected chi connectivity index (χ1v) is 3.90. The van der Waals surface area contributed by atoms with Crippen LogP contribution >= 0.6 is 0 Å². The SMILES string of the molecule is C=CCc1cc(N)c(C)c(N)c1. The highest BCUT2D eigenvalue weighted by Crippen LogP contribution is 2.20. The molecule has 0 aliphatic rings. The summed E-state index contributed by atoms with van der Waals surface area (Å²) in [4.78, 5) is 0. The van der Waals surface area contributed by atoms with Gasteiger partial charge in [-0.15, -0.1) is 6.58 Å². The molecule has 0 atom stereocenters. The maximum atomic E-state index is 5.74. The van der Waals surface area contributed by atoms with Gasteiger partial charge < -0.3 is 11.5 Å². The quantitative estimate of drug-likeness (QED) is 0.515. The lowest BCUT2D eigenvalue weighted by atomic mass is 10.1. The molecule has 1 aromatic carbocycles. The number of allylic oxidation sites excluding steroid dienone is 1. The Morgan fingerprint density at radius 1 is 1.33 bits per heavy atom. The van der Waals surface area contributed by atoms with Crippen molar-refractivity contribution in [2.45, 2.75) is 13.3 Å². The largest absolute Gasteiger partial charge is 0.398 e. The van der Waals surface area contributed by atoms with E-state index in [0.29, 0.717) is 0 Å². The summed E-state index contributed by atoms with van der Waals surface area (Å²) in [6.45, 7) is 5.58. The number of benzene rings is 1. The van der Waals surface area contributed by atoms with Gasteiger partial charge in [0.25, 0.3) is 0 Å². The highest BCUT2D eigenvalue weighted by molar-refractivity contribution is 5.62. The van der Waals surface area contributed by atoms with Crippen LogP contribution in [-0.2, 0) is 6.42 Å². The molecule has 0 aliphatic carbocycles. The predicted octanol–water partition coefficient (Wildman–Crippen LogP) is 1.89. The highest BCUT2D eigenvalue weighted by atomic mass is 14.6. The molecule has 0 saturated carbocycles. The first-order chi connectivity index (χ1) is 5.65. The van der Waals surface area contributed by atoms with E-state index >= 15 is 0 Å². The molecule has 64 valence electrons. The van der Waals surface area contributed by atoms with Gasteiger partial charge >= 0.3 is 0 Å². The van der Waals surface area contributed by atoms with Crippen LogP contribution in [0, 0.1) is 6.92 Å². The van der Waals surface area contributed by atoms with Crippen LogP contribution < -0.4 is 11.5 Å². The fraction of sp³-hybridized carbons (Fsp3) is 0.200. The smallest absolute Gasteiger partial charge is 0.0367 e. The van der Waals surface area contributed by atoms with E-state index in [-0.39, 0.29) is 0 Å². The monoisotopic (exact) mass is 162 g/mol. The third kappa shape index (κ3) is 1.59. The zero-order valence-electron chi connectivity index (χ0n) is 7.30. The van der Waals surface area contributed by atoms with Crippen LogP contribution in [-0.4, -0.2) is 0 Å². The number of hydrogen-bond acceptors (Lipinski definition) is 2. The van der Waals surface area contributed by atoms with E-state index in [9.17, 15) is 0 Å². The van der Waals surface area contributed by atoms with Gasteiger partial charge in [0.1, 0.15) is 0 Å². The Balaban J connectivity index is 3.11. The molecule has 1 aromatic rings. The van der Waals surface area contributed by atoms with E-state index in [1.165, 1.54) is 0 Å². The number of anilines is 2. The van der Waals surface area contributed by atoms with Crippen molar-refractivity contribution >= 4 is 11.4 Å². The molecule has 0 aromatic heterocycles. The minimum Gasteiger partial charge on any atom is -0.398 e. The summed E-state index contributed by atoms with van der Waals surface area (Å²) < 4.78 is 0. The molecular weight excluding hydrogens is 148 g/mol.